The van der Waals surface area contributed by atoms with Gasteiger partial charge in [0.1, 0.15) is 5.75 Å². The second-order valence-corrected chi connectivity index (χ2v) is 9.72. The standard InChI is InChI=1S/C23H19N3O6S2/c1-31-17-8-10-18(11-9-17)34(29,30)26-23-25-19-12-5-15(13-20(19)33-23)21(27)24-16-6-3-14(4-7-16)22(28)32-2/h3-13H,1-2H3,(H,24,27)(H,25,26). The SMILES string of the molecule is COC(=O)c1ccc(NC(=O)c2ccc3nc(NS(=O)(=O)c4ccc(OC)cc4)sc3c2)cc1. The molecule has 34 heavy (non-hydrogen) atoms. The molecule has 9 nitrogen and oxygen atoms in total. The van der Waals surface area contributed by atoms with Gasteiger partial charge in [-0.3, -0.25) is 9.52 Å². The molecule has 174 valence electrons. The van der Waals surface area contributed by atoms with Crippen molar-refractivity contribution in [3.63, 3.8) is 0 Å². The number of carbonyl (C=O) groups is 2. The minimum atomic E-state index is -3.83. The van der Waals surface area contributed by atoms with Gasteiger partial charge in [0, 0.05) is 11.3 Å². The van der Waals surface area contributed by atoms with Gasteiger partial charge >= 0.3 is 5.97 Å². The van der Waals surface area contributed by atoms with Gasteiger partial charge in [-0.15, -0.1) is 0 Å². The Hall–Kier alpha value is -3.96. The predicted molar refractivity (Wildman–Crippen MR) is 129 cm³/mol. The lowest BCUT2D eigenvalue weighted by Crippen LogP contribution is -2.12. The zero-order chi connectivity index (χ0) is 24.3. The lowest BCUT2D eigenvalue weighted by Gasteiger charge is -2.06. The Morgan fingerprint density at radius 3 is 2.24 bits per heavy atom. The molecule has 1 heterocycles. The Kier molecular flexibility index (Phi) is 6.48. The number of amides is 1. The van der Waals surface area contributed by atoms with Gasteiger partial charge in [-0.2, -0.15) is 0 Å². The molecule has 1 aromatic heterocycles. The third kappa shape index (κ3) is 5.00. The minimum Gasteiger partial charge on any atom is -0.497 e. The summed E-state index contributed by atoms with van der Waals surface area (Å²) in [6.45, 7) is 0. The molecule has 0 spiro atoms. The molecular weight excluding hydrogens is 478 g/mol. The van der Waals surface area contributed by atoms with Crippen LogP contribution in [0.25, 0.3) is 10.2 Å². The summed E-state index contributed by atoms with van der Waals surface area (Å²) in [6, 6.07) is 17.2. The summed E-state index contributed by atoms with van der Waals surface area (Å²) in [5.74, 6) is -0.280. The first kappa shape index (κ1) is 23.2. The number of fused-ring (bicyclic) bond motifs is 1. The number of aromatic nitrogens is 1. The van der Waals surface area contributed by atoms with E-state index in [1.54, 1.807) is 54.6 Å². The van der Waals surface area contributed by atoms with Gasteiger partial charge in [0.2, 0.25) is 0 Å². The van der Waals surface area contributed by atoms with E-state index in [9.17, 15) is 18.0 Å². The molecule has 0 atom stereocenters. The second kappa shape index (κ2) is 9.49. The number of methoxy groups -OCH3 is 2. The Bertz CT molecular complexity index is 1460. The molecule has 2 N–H and O–H groups in total. The number of hydrogen-bond donors (Lipinski definition) is 2. The van der Waals surface area contributed by atoms with Crippen molar-refractivity contribution in [1.82, 2.24) is 4.98 Å². The van der Waals surface area contributed by atoms with Gasteiger partial charge in [0.15, 0.2) is 5.13 Å². The number of carbonyl (C=O) groups excluding carboxylic acids is 2. The summed E-state index contributed by atoms with van der Waals surface area (Å²) in [5.41, 5.74) is 1.81. The quantitative estimate of drug-likeness (QED) is 0.368. The van der Waals surface area contributed by atoms with Crippen LogP contribution in [0.3, 0.4) is 0 Å². The fourth-order valence-electron chi connectivity index (χ4n) is 3.05. The van der Waals surface area contributed by atoms with E-state index in [1.807, 2.05) is 0 Å². The summed E-state index contributed by atoms with van der Waals surface area (Å²) < 4.78 is 38.1. The normalized spacial score (nSPS) is 11.1. The average Bonchev–Trinajstić information content (AvgIpc) is 3.24. The highest BCUT2D eigenvalue weighted by atomic mass is 32.2. The van der Waals surface area contributed by atoms with Crippen LogP contribution in [0.4, 0.5) is 10.8 Å². The van der Waals surface area contributed by atoms with E-state index >= 15 is 0 Å². The molecule has 0 bridgehead atoms. The van der Waals surface area contributed by atoms with Crippen LogP contribution < -0.4 is 14.8 Å². The van der Waals surface area contributed by atoms with E-state index in [-0.39, 0.29) is 15.9 Å². The zero-order valence-corrected chi connectivity index (χ0v) is 19.7. The topological polar surface area (TPSA) is 124 Å². The highest BCUT2D eigenvalue weighted by Crippen LogP contribution is 2.29. The number of esters is 1. The van der Waals surface area contributed by atoms with Gasteiger partial charge < -0.3 is 14.8 Å². The van der Waals surface area contributed by atoms with Crippen molar-refractivity contribution >= 4 is 54.3 Å². The molecule has 4 rings (SSSR count). The maximum Gasteiger partial charge on any atom is 0.337 e. The number of ether oxygens (including phenoxy) is 2. The molecule has 0 saturated heterocycles. The second-order valence-electron chi connectivity index (χ2n) is 7.01. The molecule has 0 unspecified atom stereocenters. The van der Waals surface area contributed by atoms with Crippen molar-refractivity contribution in [2.45, 2.75) is 4.90 Å². The summed E-state index contributed by atoms with van der Waals surface area (Å²) in [6.07, 6.45) is 0. The maximum absolute atomic E-state index is 12.7. The summed E-state index contributed by atoms with van der Waals surface area (Å²) >= 11 is 1.11. The van der Waals surface area contributed by atoms with Crippen LogP contribution in [0.1, 0.15) is 20.7 Å². The van der Waals surface area contributed by atoms with Crippen LogP contribution in [0.5, 0.6) is 5.75 Å². The molecule has 0 aliphatic heterocycles. The van der Waals surface area contributed by atoms with E-state index in [1.165, 1.54) is 26.4 Å². The number of anilines is 2. The fraction of sp³-hybridized carbons (Fsp3) is 0.0870. The van der Waals surface area contributed by atoms with Crippen molar-refractivity contribution in [1.29, 1.82) is 0 Å². The van der Waals surface area contributed by atoms with Crippen LogP contribution >= 0.6 is 11.3 Å². The van der Waals surface area contributed by atoms with Crippen molar-refractivity contribution < 1.29 is 27.5 Å². The lowest BCUT2D eigenvalue weighted by molar-refractivity contribution is 0.0600. The van der Waals surface area contributed by atoms with Crippen molar-refractivity contribution in [2.75, 3.05) is 24.3 Å². The summed E-state index contributed by atoms with van der Waals surface area (Å²) in [5, 5.41) is 2.94. The molecule has 0 aliphatic carbocycles. The largest absolute Gasteiger partial charge is 0.497 e. The number of sulfonamides is 1. The van der Waals surface area contributed by atoms with Crippen LogP contribution in [-0.2, 0) is 14.8 Å². The van der Waals surface area contributed by atoms with E-state index < -0.39 is 16.0 Å². The van der Waals surface area contributed by atoms with Crippen molar-refractivity contribution in [2.24, 2.45) is 0 Å². The molecule has 1 amide bonds. The zero-order valence-electron chi connectivity index (χ0n) is 18.1. The third-order valence-electron chi connectivity index (χ3n) is 4.81. The first-order valence-corrected chi connectivity index (χ1v) is 12.2. The average molecular weight is 498 g/mol. The van der Waals surface area contributed by atoms with Gasteiger partial charge in [-0.25, -0.2) is 18.2 Å². The fourth-order valence-corrected chi connectivity index (χ4v) is 5.19. The molecular formula is C23H19N3O6S2. The molecule has 0 saturated carbocycles. The third-order valence-corrected chi connectivity index (χ3v) is 7.22. The van der Waals surface area contributed by atoms with E-state index in [0.717, 1.165) is 11.3 Å². The highest BCUT2D eigenvalue weighted by Gasteiger charge is 2.17. The van der Waals surface area contributed by atoms with Crippen LogP contribution in [0.2, 0.25) is 0 Å². The Morgan fingerprint density at radius 2 is 1.59 bits per heavy atom. The first-order valence-electron chi connectivity index (χ1n) is 9.86. The monoisotopic (exact) mass is 497 g/mol. The Morgan fingerprint density at radius 1 is 0.912 bits per heavy atom. The minimum absolute atomic E-state index is 0.0749. The van der Waals surface area contributed by atoms with E-state index in [0.29, 0.717) is 32.8 Å². The summed E-state index contributed by atoms with van der Waals surface area (Å²) in [7, 11) is -1.04. The number of hydrogen-bond acceptors (Lipinski definition) is 8. The van der Waals surface area contributed by atoms with Gasteiger partial charge in [-0.05, 0) is 66.7 Å². The number of thiazole rings is 1. The first-order chi connectivity index (χ1) is 16.3. The molecule has 4 aromatic rings. The lowest BCUT2D eigenvalue weighted by atomic mass is 10.1. The van der Waals surface area contributed by atoms with E-state index in [2.05, 4.69) is 19.8 Å². The number of rotatable bonds is 7. The molecule has 0 fully saturated rings. The van der Waals surface area contributed by atoms with E-state index in [4.69, 9.17) is 4.74 Å². The predicted octanol–water partition coefficient (Wildman–Crippen LogP) is 4.14. The maximum atomic E-state index is 12.7. The van der Waals surface area contributed by atoms with Gasteiger partial charge in [0.05, 0.1) is 34.9 Å². The van der Waals surface area contributed by atoms with Crippen LogP contribution in [-0.4, -0.2) is 39.5 Å². The number of nitrogens with zero attached hydrogens (tertiary/aromatic N) is 1. The van der Waals surface area contributed by atoms with Crippen LogP contribution in [0, 0.1) is 0 Å². The van der Waals surface area contributed by atoms with Crippen LogP contribution in [0.15, 0.2) is 71.6 Å². The number of benzene rings is 3. The van der Waals surface area contributed by atoms with Crippen molar-refractivity contribution in [3.05, 3.63) is 77.9 Å². The smallest absolute Gasteiger partial charge is 0.337 e. The molecule has 0 aliphatic rings. The number of nitrogens with one attached hydrogen (secondary N) is 2. The molecule has 0 radical (unpaired) electrons. The highest BCUT2D eigenvalue weighted by molar-refractivity contribution is 7.93. The van der Waals surface area contributed by atoms with Gasteiger partial charge in [-0.1, -0.05) is 11.3 Å². The Labute approximate surface area is 199 Å². The Balaban J connectivity index is 1.50. The molecule has 11 heteroatoms. The summed E-state index contributed by atoms with van der Waals surface area (Å²) in [4.78, 5) is 28.6. The van der Waals surface area contributed by atoms with Crippen molar-refractivity contribution in [3.8, 4) is 5.75 Å². The van der Waals surface area contributed by atoms with Gasteiger partial charge in [0.25, 0.3) is 15.9 Å². The molecule has 3 aromatic carbocycles.